The molecule has 1 atom stereocenters. The summed E-state index contributed by atoms with van der Waals surface area (Å²) in [7, 11) is 1.26. The summed E-state index contributed by atoms with van der Waals surface area (Å²) in [6.45, 7) is 0. The summed E-state index contributed by atoms with van der Waals surface area (Å²) in [6.07, 6.45) is 1.05. The molecule has 0 bridgehead atoms. The summed E-state index contributed by atoms with van der Waals surface area (Å²) in [5, 5.41) is 12.0. The lowest BCUT2D eigenvalue weighted by atomic mass is 10.0. The number of phenols is 1. The van der Waals surface area contributed by atoms with Gasteiger partial charge in [-0.15, -0.1) is 0 Å². The van der Waals surface area contributed by atoms with Crippen LogP contribution in [0.1, 0.15) is 35.2 Å². The van der Waals surface area contributed by atoms with Crippen molar-refractivity contribution in [2.75, 3.05) is 7.11 Å². The number of methoxy groups -OCH3 is 1. The molecule has 1 amide bonds. The van der Waals surface area contributed by atoms with Crippen molar-refractivity contribution in [2.45, 2.75) is 31.7 Å². The molecule has 2 N–H and O–H groups in total. The number of rotatable bonds is 9. The molecule has 0 fully saturated rings. The Labute approximate surface area is 158 Å². The fraction of sp³-hybridized carbons (Fsp3) is 0.286. The highest BCUT2D eigenvalue weighted by molar-refractivity contribution is 5.96. The van der Waals surface area contributed by atoms with E-state index in [4.69, 9.17) is 4.74 Å². The van der Waals surface area contributed by atoms with Crippen molar-refractivity contribution in [1.82, 2.24) is 5.32 Å². The van der Waals surface area contributed by atoms with Gasteiger partial charge in [0.2, 0.25) is 5.91 Å². The summed E-state index contributed by atoms with van der Waals surface area (Å²) in [5.41, 5.74) is 1.40. The standard InChI is InChI=1S/C21H23NO5/c1-27-21(26)18(14-15-10-12-17(23)13-11-15)22-20(25)9-5-8-19(24)16-6-3-2-4-7-16/h2-4,6-7,10-13,18,23H,5,8-9,14H2,1H3,(H,22,25). The first-order valence-electron chi connectivity index (χ1n) is 8.73. The third kappa shape index (κ3) is 6.58. The fourth-order valence-corrected chi connectivity index (χ4v) is 2.65. The van der Waals surface area contributed by atoms with Crippen LogP contribution in [0.2, 0.25) is 0 Å². The smallest absolute Gasteiger partial charge is 0.328 e. The van der Waals surface area contributed by atoms with Crippen LogP contribution >= 0.6 is 0 Å². The molecule has 6 heteroatoms. The van der Waals surface area contributed by atoms with E-state index in [1.165, 1.54) is 19.2 Å². The van der Waals surface area contributed by atoms with Gasteiger partial charge in [-0.25, -0.2) is 4.79 Å². The SMILES string of the molecule is COC(=O)C(Cc1ccc(O)cc1)NC(=O)CCCC(=O)c1ccccc1. The topological polar surface area (TPSA) is 92.7 Å². The third-order valence-corrected chi connectivity index (χ3v) is 4.10. The summed E-state index contributed by atoms with van der Waals surface area (Å²) < 4.78 is 4.75. The van der Waals surface area contributed by atoms with Gasteiger partial charge < -0.3 is 15.2 Å². The second kappa shape index (κ2) is 10.1. The molecule has 0 radical (unpaired) electrons. The Morgan fingerprint density at radius 3 is 2.30 bits per heavy atom. The molecule has 2 aromatic rings. The van der Waals surface area contributed by atoms with Crippen molar-refractivity contribution in [1.29, 1.82) is 0 Å². The van der Waals surface area contributed by atoms with Crippen LogP contribution in [-0.2, 0) is 20.7 Å². The van der Waals surface area contributed by atoms with E-state index >= 15 is 0 Å². The molecule has 27 heavy (non-hydrogen) atoms. The van der Waals surface area contributed by atoms with Crippen molar-refractivity contribution in [3.63, 3.8) is 0 Å². The number of nitrogens with one attached hydrogen (secondary N) is 1. The zero-order valence-electron chi connectivity index (χ0n) is 15.2. The lowest BCUT2D eigenvalue weighted by Gasteiger charge is -2.16. The number of Topliss-reactive ketones (excluding diaryl/α,β-unsaturated/α-hetero) is 1. The fourth-order valence-electron chi connectivity index (χ4n) is 2.65. The van der Waals surface area contributed by atoms with Crippen LogP contribution in [0.5, 0.6) is 5.75 Å². The van der Waals surface area contributed by atoms with E-state index in [9.17, 15) is 19.5 Å². The molecule has 6 nitrogen and oxygen atoms in total. The van der Waals surface area contributed by atoms with Gasteiger partial charge in [-0.2, -0.15) is 0 Å². The zero-order chi connectivity index (χ0) is 19.6. The molecule has 0 aliphatic carbocycles. The average molecular weight is 369 g/mol. The minimum atomic E-state index is -0.822. The van der Waals surface area contributed by atoms with Crippen LogP contribution in [0.4, 0.5) is 0 Å². The monoisotopic (exact) mass is 369 g/mol. The van der Waals surface area contributed by atoms with Gasteiger partial charge in [0.15, 0.2) is 5.78 Å². The number of phenolic OH excluding ortho intramolecular Hbond substituents is 1. The molecule has 2 aromatic carbocycles. The summed E-state index contributed by atoms with van der Waals surface area (Å²) in [4.78, 5) is 36.2. The van der Waals surface area contributed by atoms with Crippen LogP contribution in [0, 0.1) is 0 Å². The first-order valence-corrected chi connectivity index (χ1v) is 8.73. The number of carbonyl (C=O) groups excluding carboxylic acids is 3. The van der Waals surface area contributed by atoms with Gasteiger partial charge in [-0.3, -0.25) is 9.59 Å². The average Bonchev–Trinajstić information content (AvgIpc) is 2.69. The van der Waals surface area contributed by atoms with E-state index in [1.54, 1.807) is 36.4 Å². The van der Waals surface area contributed by atoms with E-state index in [0.717, 1.165) is 5.56 Å². The van der Waals surface area contributed by atoms with Crippen LogP contribution in [-0.4, -0.2) is 35.9 Å². The van der Waals surface area contributed by atoms with Gasteiger partial charge in [0.25, 0.3) is 0 Å². The van der Waals surface area contributed by atoms with Crippen LogP contribution in [0.15, 0.2) is 54.6 Å². The Morgan fingerprint density at radius 1 is 1.00 bits per heavy atom. The number of hydrogen-bond acceptors (Lipinski definition) is 5. The van der Waals surface area contributed by atoms with Crippen LogP contribution < -0.4 is 5.32 Å². The van der Waals surface area contributed by atoms with Gasteiger partial charge >= 0.3 is 5.97 Å². The van der Waals surface area contributed by atoms with Crippen molar-refractivity contribution < 1.29 is 24.2 Å². The van der Waals surface area contributed by atoms with Gasteiger partial charge in [0.05, 0.1) is 7.11 Å². The number of aromatic hydroxyl groups is 1. The number of benzene rings is 2. The molecule has 0 aromatic heterocycles. The molecular weight excluding hydrogens is 346 g/mol. The minimum absolute atomic E-state index is 0.0167. The Hall–Kier alpha value is -3.15. The summed E-state index contributed by atoms with van der Waals surface area (Å²) in [5.74, 6) is -0.751. The minimum Gasteiger partial charge on any atom is -0.508 e. The molecule has 0 saturated heterocycles. The molecule has 0 heterocycles. The molecular formula is C21H23NO5. The number of esters is 1. The van der Waals surface area contributed by atoms with E-state index in [0.29, 0.717) is 12.0 Å². The van der Waals surface area contributed by atoms with Gasteiger partial charge in [-0.05, 0) is 24.1 Å². The van der Waals surface area contributed by atoms with Crippen molar-refractivity contribution >= 4 is 17.7 Å². The van der Waals surface area contributed by atoms with Crippen LogP contribution in [0.25, 0.3) is 0 Å². The number of ether oxygens (including phenoxy) is 1. The van der Waals surface area contributed by atoms with E-state index in [1.807, 2.05) is 6.07 Å². The predicted octanol–water partition coefficient (Wildman–Crippen LogP) is 2.65. The number of hydrogen-bond donors (Lipinski definition) is 2. The Morgan fingerprint density at radius 2 is 1.67 bits per heavy atom. The number of carbonyl (C=O) groups is 3. The molecule has 1 unspecified atom stereocenters. The molecule has 0 spiro atoms. The van der Waals surface area contributed by atoms with Crippen LogP contribution in [0.3, 0.4) is 0 Å². The van der Waals surface area contributed by atoms with Gasteiger partial charge in [0.1, 0.15) is 11.8 Å². The Balaban J connectivity index is 1.85. The lowest BCUT2D eigenvalue weighted by Crippen LogP contribution is -2.43. The highest BCUT2D eigenvalue weighted by atomic mass is 16.5. The third-order valence-electron chi connectivity index (χ3n) is 4.10. The van der Waals surface area contributed by atoms with Gasteiger partial charge in [0, 0.05) is 24.8 Å². The first-order chi connectivity index (χ1) is 13.0. The molecule has 0 saturated carbocycles. The quantitative estimate of drug-likeness (QED) is 0.524. The summed E-state index contributed by atoms with van der Waals surface area (Å²) >= 11 is 0. The maximum Gasteiger partial charge on any atom is 0.328 e. The Bertz CT molecular complexity index is 771. The van der Waals surface area contributed by atoms with Gasteiger partial charge in [-0.1, -0.05) is 42.5 Å². The van der Waals surface area contributed by atoms with E-state index in [-0.39, 0.29) is 36.7 Å². The molecule has 0 aliphatic rings. The number of amides is 1. The molecule has 0 aliphatic heterocycles. The zero-order valence-corrected chi connectivity index (χ0v) is 15.2. The second-order valence-corrected chi connectivity index (χ2v) is 6.16. The number of ketones is 1. The van der Waals surface area contributed by atoms with Crippen molar-refractivity contribution in [2.24, 2.45) is 0 Å². The summed E-state index contributed by atoms with van der Waals surface area (Å²) in [6, 6.07) is 14.5. The highest BCUT2D eigenvalue weighted by Gasteiger charge is 2.22. The molecule has 2 rings (SSSR count). The maximum absolute atomic E-state index is 12.2. The highest BCUT2D eigenvalue weighted by Crippen LogP contribution is 2.12. The second-order valence-electron chi connectivity index (χ2n) is 6.16. The van der Waals surface area contributed by atoms with Crippen molar-refractivity contribution in [3.8, 4) is 5.75 Å². The molecule has 142 valence electrons. The van der Waals surface area contributed by atoms with E-state index in [2.05, 4.69) is 5.32 Å². The Kier molecular flexibility index (Phi) is 7.55. The maximum atomic E-state index is 12.2. The van der Waals surface area contributed by atoms with E-state index < -0.39 is 12.0 Å². The van der Waals surface area contributed by atoms with Crippen molar-refractivity contribution in [3.05, 3.63) is 65.7 Å². The first kappa shape index (κ1) is 20.2. The largest absolute Gasteiger partial charge is 0.508 e. The normalized spacial score (nSPS) is 11.4. The lowest BCUT2D eigenvalue weighted by molar-refractivity contribution is -0.145. The predicted molar refractivity (Wildman–Crippen MR) is 100 cm³/mol.